The first kappa shape index (κ1) is 10.8. The molecule has 2 heteroatoms. The Hall–Kier alpha value is -1.38. The van der Waals surface area contributed by atoms with Crippen LogP contribution in [0.25, 0.3) is 10.8 Å². The third kappa shape index (κ3) is 1.84. The number of fused-ring (bicyclic) bond motifs is 1. The summed E-state index contributed by atoms with van der Waals surface area (Å²) in [7, 11) is 0. The van der Waals surface area contributed by atoms with Crippen molar-refractivity contribution in [3.63, 3.8) is 0 Å². The molecule has 1 aliphatic rings. The Balaban J connectivity index is 2.10. The summed E-state index contributed by atoms with van der Waals surface area (Å²) >= 11 is 0. The van der Waals surface area contributed by atoms with Crippen molar-refractivity contribution in [2.45, 2.75) is 12.5 Å². The molecule has 0 aliphatic carbocycles. The van der Waals surface area contributed by atoms with E-state index < -0.39 is 0 Å². The average molecular weight is 228 g/mol. The summed E-state index contributed by atoms with van der Waals surface area (Å²) in [6.45, 7) is 0.951. The third-order valence-electron chi connectivity index (χ3n) is 3.58. The highest BCUT2D eigenvalue weighted by Crippen LogP contribution is 2.37. The van der Waals surface area contributed by atoms with E-state index in [2.05, 4.69) is 36.4 Å². The zero-order valence-corrected chi connectivity index (χ0v) is 9.67. The largest absolute Gasteiger partial charge is 0.396 e. The highest BCUT2D eigenvalue weighted by Gasteiger charge is 2.29. The van der Waals surface area contributed by atoms with E-state index in [0.29, 0.717) is 0 Å². The van der Waals surface area contributed by atoms with Crippen LogP contribution in [0.3, 0.4) is 0 Å². The molecule has 2 unspecified atom stereocenters. The van der Waals surface area contributed by atoms with Gasteiger partial charge in [0.2, 0.25) is 0 Å². The van der Waals surface area contributed by atoms with Crippen LogP contribution in [-0.2, 0) is 4.74 Å². The van der Waals surface area contributed by atoms with Crippen molar-refractivity contribution >= 4 is 10.8 Å². The van der Waals surface area contributed by atoms with E-state index in [1.165, 1.54) is 16.3 Å². The van der Waals surface area contributed by atoms with Crippen LogP contribution in [0.15, 0.2) is 42.5 Å². The SMILES string of the molecule is OCC1CCOC1c1cccc2ccccc12. The van der Waals surface area contributed by atoms with Gasteiger partial charge in [-0.25, -0.2) is 0 Å². The summed E-state index contributed by atoms with van der Waals surface area (Å²) in [5.41, 5.74) is 1.21. The minimum Gasteiger partial charge on any atom is -0.396 e. The molecule has 1 aliphatic heterocycles. The first-order valence-corrected chi connectivity index (χ1v) is 6.10. The molecule has 17 heavy (non-hydrogen) atoms. The lowest BCUT2D eigenvalue weighted by Crippen LogP contribution is -2.11. The number of hydrogen-bond donors (Lipinski definition) is 1. The van der Waals surface area contributed by atoms with E-state index in [0.717, 1.165) is 13.0 Å². The van der Waals surface area contributed by atoms with E-state index in [-0.39, 0.29) is 18.6 Å². The number of aliphatic hydroxyl groups excluding tert-OH is 1. The van der Waals surface area contributed by atoms with Gasteiger partial charge in [0.05, 0.1) is 6.10 Å². The Bertz CT molecular complexity index is 516. The highest BCUT2D eigenvalue weighted by atomic mass is 16.5. The van der Waals surface area contributed by atoms with Gasteiger partial charge in [-0.1, -0.05) is 42.5 Å². The molecule has 2 aromatic carbocycles. The molecule has 1 fully saturated rings. The molecule has 1 heterocycles. The maximum atomic E-state index is 9.39. The molecule has 1 N–H and O–H groups in total. The topological polar surface area (TPSA) is 29.5 Å². The number of ether oxygens (including phenoxy) is 1. The lowest BCUT2D eigenvalue weighted by atomic mass is 9.92. The summed E-state index contributed by atoms with van der Waals surface area (Å²) < 4.78 is 5.79. The summed E-state index contributed by atoms with van der Waals surface area (Å²) in [5.74, 6) is 0.237. The van der Waals surface area contributed by atoms with Gasteiger partial charge in [0.1, 0.15) is 0 Å². The van der Waals surface area contributed by atoms with Gasteiger partial charge in [-0.2, -0.15) is 0 Å². The zero-order valence-electron chi connectivity index (χ0n) is 9.67. The van der Waals surface area contributed by atoms with E-state index in [1.807, 2.05) is 6.07 Å². The van der Waals surface area contributed by atoms with Crippen molar-refractivity contribution in [3.8, 4) is 0 Å². The fourth-order valence-electron chi connectivity index (χ4n) is 2.66. The highest BCUT2D eigenvalue weighted by molar-refractivity contribution is 5.86. The molecule has 0 aromatic heterocycles. The molecule has 3 rings (SSSR count). The van der Waals surface area contributed by atoms with Crippen molar-refractivity contribution < 1.29 is 9.84 Å². The Morgan fingerprint density at radius 1 is 1.12 bits per heavy atom. The molecule has 0 radical (unpaired) electrons. The lowest BCUT2D eigenvalue weighted by molar-refractivity contribution is 0.0731. The monoisotopic (exact) mass is 228 g/mol. The fraction of sp³-hybridized carbons (Fsp3) is 0.333. The van der Waals surface area contributed by atoms with E-state index in [4.69, 9.17) is 4.74 Å². The number of hydrogen-bond acceptors (Lipinski definition) is 2. The molecule has 0 bridgehead atoms. The zero-order chi connectivity index (χ0) is 11.7. The van der Waals surface area contributed by atoms with Crippen LogP contribution < -0.4 is 0 Å². The van der Waals surface area contributed by atoms with Crippen molar-refractivity contribution in [1.29, 1.82) is 0 Å². The predicted molar refractivity (Wildman–Crippen MR) is 67.8 cm³/mol. The predicted octanol–water partition coefficient (Wildman–Crippen LogP) is 2.91. The van der Waals surface area contributed by atoms with Crippen molar-refractivity contribution in [3.05, 3.63) is 48.0 Å². The Kier molecular flexibility index (Phi) is 2.83. The van der Waals surface area contributed by atoms with Crippen molar-refractivity contribution in [1.82, 2.24) is 0 Å². The maximum Gasteiger partial charge on any atom is 0.0881 e. The van der Waals surface area contributed by atoms with Crippen LogP contribution in [0.5, 0.6) is 0 Å². The van der Waals surface area contributed by atoms with Crippen LogP contribution in [0.2, 0.25) is 0 Å². The first-order chi connectivity index (χ1) is 8.40. The third-order valence-corrected chi connectivity index (χ3v) is 3.58. The van der Waals surface area contributed by atoms with Gasteiger partial charge in [-0.3, -0.25) is 0 Å². The first-order valence-electron chi connectivity index (χ1n) is 6.10. The van der Waals surface area contributed by atoms with Gasteiger partial charge in [-0.05, 0) is 22.8 Å². The summed E-state index contributed by atoms with van der Waals surface area (Å²) in [6, 6.07) is 14.6. The molecule has 2 atom stereocenters. The maximum absolute atomic E-state index is 9.39. The van der Waals surface area contributed by atoms with Crippen LogP contribution >= 0.6 is 0 Å². The van der Waals surface area contributed by atoms with Gasteiger partial charge in [0, 0.05) is 19.1 Å². The van der Waals surface area contributed by atoms with Crippen LogP contribution in [0.1, 0.15) is 18.1 Å². The number of aliphatic hydroxyl groups is 1. The smallest absolute Gasteiger partial charge is 0.0881 e. The normalized spacial score (nSPS) is 24.3. The molecule has 88 valence electrons. The average Bonchev–Trinajstić information content (AvgIpc) is 2.86. The standard InChI is InChI=1S/C15H16O2/c16-10-12-8-9-17-15(12)14-7-3-5-11-4-1-2-6-13(11)14/h1-7,12,15-16H,8-10H2. The second-order valence-electron chi connectivity index (χ2n) is 4.59. The van der Waals surface area contributed by atoms with Crippen LogP contribution in [0, 0.1) is 5.92 Å². The van der Waals surface area contributed by atoms with Gasteiger partial charge in [0.15, 0.2) is 0 Å². The molecular weight excluding hydrogens is 212 g/mol. The molecule has 1 saturated heterocycles. The number of rotatable bonds is 2. The molecule has 2 aromatic rings. The lowest BCUT2D eigenvalue weighted by Gasteiger charge is -2.18. The van der Waals surface area contributed by atoms with Crippen molar-refractivity contribution in [2.75, 3.05) is 13.2 Å². The molecule has 0 saturated carbocycles. The quantitative estimate of drug-likeness (QED) is 0.856. The van der Waals surface area contributed by atoms with Gasteiger partial charge < -0.3 is 9.84 Å². The minimum absolute atomic E-state index is 0.0473. The summed E-state index contributed by atoms with van der Waals surface area (Å²) in [4.78, 5) is 0. The second kappa shape index (κ2) is 4.47. The summed E-state index contributed by atoms with van der Waals surface area (Å²) in [5, 5.41) is 11.9. The Morgan fingerprint density at radius 3 is 2.82 bits per heavy atom. The van der Waals surface area contributed by atoms with Gasteiger partial charge >= 0.3 is 0 Å². The van der Waals surface area contributed by atoms with Crippen LogP contribution in [-0.4, -0.2) is 18.3 Å². The van der Waals surface area contributed by atoms with Gasteiger partial charge in [0.25, 0.3) is 0 Å². The van der Waals surface area contributed by atoms with E-state index in [1.54, 1.807) is 0 Å². The van der Waals surface area contributed by atoms with Gasteiger partial charge in [-0.15, -0.1) is 0 Å². The van der Waals surface area contributed by atoms with E-state index in [9.17, 15) is 5.11 Å². The van der Waals surface area contributed by atoms with Crippen molar-refractivity contribution in [2.24, 2.45) is 5.92 Å². The molecule has 0 spiro atoms. The van der Waals surface area contributed by atoms with E-state index >= 15 is 0 Å². The minimum atomic E-state index is 0.0473. The fourth-order valence-corrected chi connectivity index (χ4v) is 2.66. The Morgan fingerprint density at radius 2 is 1.94 bits per heavy atom. The molecular formula is C15H16O2. The Labute approximate surface area is 101 Å². The van der Waals surface area contributed by atoms with Crippen LogP contribution in [0.4, 0.5) is 0 Å². The summed E-state index contributed by atoms with van der Waals surface area (Å²) in [6.07, 6.45) is 0.996. The molecule has 0 amide bonds. The second-order valence-corrected chi connectivity index (χ2v) is 4.59. The molecule has 2 nitrogen and oxygen atoms in total. The number of benzene rings is 2.